The lowest BCUT2D eigenvalue weighted by atomic mass is 10.2. The molecule has 1 amide bonds. The van der Waals surface area contributed by atoms with Gasteiger partial charge in [0.05, 0.1) is 16.5 Å². The number of hydrogen-bond acceptors (Lipinski definition) is 10. The van der Waals surface area contributed by atoms with E-state index in [1.54, 1.807) is 23.1 Å². The molecule has 0 bridgehead atoms. The normalized spacial score (nSPS) is 11.1. The number of fused-ring (bicyclic) bond motifs is 1. The molecule has 0 unspecified atom stereocenters. The third kappa shape index (κ3) is 5.18. The van der Waals surface area contributed by atoms with Crippen molar-refractivity contribution >= 4 is 62.3 Å². The van der Waals surface area contributed by atoms with Crippen LogP contribution in [0.25, 0.3) is 11.1 Å². The summed E-state index contributed by atoms with van der Waals surface area (Å²) in [6, 6.07) is 8.04. The van der Waals surface area contributed by atoms with Crippen molar-refractivity contribution in [3.05, 3.63) is 61.3 Å². The van der Waals surface area contributed by atoms with Gasteiger partial charge < -0.3 is 9.73 Å². The Morgan fingerprint density at radius 1 is 1.32 bits per heavy atom. The number of amides is 1. The quantitative estimate of drug-likeness (QED) is 0.165. The molecule has 10 nitrogen and oxygen atoms in total. The monoisotopic (exact) mass is 477 g/mol. The largest absolute Gasteiger partial charge is 0.419 e. The van der Waals surface area contributed by atoms with Crippen molar-refractivity contribution in [2.24, 2.45) is 0 Å². The van der Waals surface area contributed by atoms with Gasteiger partial charge in [0.25, 0.3) is 5.69 Å². The Kier molecular flexibility index (Phi) is 6.44. The first kappa shape index (κ1) is 21.2. The fraction of sp³-hybridized carbons (Fsp3) is 0.222. The van der Waals surface area contributed by atoms with Crippen LogP contribution in [-0.4, -0.2) is 25.6 Å². The van der Waals surface area contributed by atoms with Crippen molar-refractivity contribution in [2.45, 2.75) is 29.5 Å². The van der Waals surface area contributed by atoms with E-state index in [-0.39, 0.29) is 30.1 Å². The van der Waals surface area contributed by atoms with E-state index in [1.807, 2.05) is 11.4 Å². The molecular weight excluding hydrogens is 462 g/mol. The minimum absolute atomic E-state index is 0.144. The Morgan fingerprint density at radius 3 is 2.97 bits per heavy atom. The zero-order valence-corrected chi connectivity index (χ0v) is 18.3. The second kappa shape index (κ2) is 9.41. The minimum atomic E-state index is -0.618. The van der Waals surface area contributed by atoms with Crippen LogP contribution in [0.3, 0.4) is 0 Å². The molecular formula is C18H15N5O5S3. The minimum Gasteiger partial charge on any atom is -0.407 e. The van der Waals surface area contributed by atoms with Gasteiger partial charge in [-0.05, 0) is 23.9 Å². The number of carbonyl (C=O) groups excluding carboxylic acids is 1. The Labute approximate surface area is 187 Å². The number of aromatic nitrogens is 3. The molecule has 0 radical (unpaired) electrons. The fourth-order valence-corrected chi connectivity index (χ4v) is 5.35. The van der Waals surface area contributed by atoms with E-state index in [9.17, 15) is 19.7 Å². The second-order valence-electron chi connectivity index (χ2n) is 6.32. The lowest BCUT2D eigenvalue weighted by Crippen LogP contribution is -2.17. The van der Waals surface area contributed by atoms with Crippen molar-refractivity contribution in [2.75, 3.05) is 5.32 Å². The average Bonchev–Trinajstić information content (AvgIpc) is 3.47. The SMILES string of the molecule is O=C(CCCn1c(=O)oc2cc([N+](=O)[O-])ccc21)Nc1nnc(SCc2cccs2)s1. The number of non-ortho nitro benzene ring substituents is 1. The highest BCUT2D eigenvalue weighted by molar-refractivity contribution is 8.00. The highest BCUT2D eigenvalue weighted by Gasteiger charge is 2.15. The van der Waals surface area contributed by atoms with E-state index in [4.69, 9.17) is 4.42 Å². The summed E-state index contributed by atoms with van der Waals surface area (Å²) in [6.45, 7) is 0.245. The summed E-state index contributed by atoms with van der Waals surface area (Å²) < 4.78 is 7.21. The molecule has 1 N–H and O–H groups in total. The average molecular weight is 478 g/mol. The van der Waals surface area contributed by atoms with Crippen LogP contribution in [0.4, 0.5) is 10.8 Å². The molecule has 0 aliphatic rings. The first-order chi connectivity index (χ1) is 15.0. The summed E-state index contributed by atoms with van der Waals surface area (Å²) in [7, 11) is 0. The van der Waals surface area contributed by atoms with Crippen molar-refractivity contribution < 1.29 is 14.1 Å². The van der Waals surface area contributed by atoms with Gasteiger partial charge in [-0.15, -0.1) is 21.5 Å². The van der Waals surface area contributed by atoms with Crippen LogP contribution in [0.5, 0.6) is 0 Å². The Hall–Kier alpha value is -3.03. The van der Waals surface area contributed by atoms with E-state index >= 15 is 0 Å². The molecule has 1 aromatic carbocycles. The molecule has 4 aromatic rings. The van der Waals surface area contributed by atoms with E-state index in [1.165, 1.54) is 39.0 Å². The summed E-state index contributed by atoms with van der Waals surface area (Å²) in [6.07, 6.45) is 0.555. The van der Waals surface area contributed by atoms with E-state index in [0.29, 0.717) is 17.1 Å². The van der Waals surface area contributed by atoms with Crippen LogP contribution in [0.15, 0.2) is 49.3 Å². The summed E-state index contributed by atoms with van der Waals surface area (Å²) in [5, 5.41) is 24.1. The van der Waals surface area contributed by atoms with Crippen LogP contribution in [0.1, 0.15) is 17.7 Å². The number of nitro benzene ring substituents is 1. The van der Waals surface area contributed by atoms with E-state index < -0.39 is 10.7 Å². The van der Waals surface area contributed by atoms with Gasteiger partial charge in [0.15, 0.2) is 9.92 Å². The van der Waals surface area contributed by atoms with Gasteiger partial charge in [-0.2, -0.15) is 0 Å². The first-order valence-corrected chi connectivity index (χ1v) is 11.7. The van der Waals surface area contributed by atoms with Crippen molar-refractivity contribution in [1.29, 1.82) is 0 Å². The Balaban J connectivity index is 1.29. The molecule has 0 saturated heterocycles. The third-order valence-corrected chi connectivity index (χ3v) is 7.30. The number of aryl methyl sites for hydroxylation is 1. The molecule has 3 heterocycles. The van der Waals surface area contributed by atoms with Crippen LogP contribution < -0.4 is 11.1 Å². The maximum absolute atomic E-state index is 12.2. The smallest absolute Gasteiger partial charge is 0.407 e. The topological polar surface area (TPSA) is 133 Å². The number of nitrogens with zero attached hydrogens (tertiary/aromatic N) is 4. The molecule has 13 heteroatoms. The maximum atomic E-state index is 12.2. The zero-order valence-electron chi connectivity index (χ0n) is 15.8. The van der Waals surface area contributed by atoms with Gasteiger partial charge in [-0.25, -0.2) is 4.79 Å². The zero-order chi connectivity index (χ0) is 21.8. The van der Waals surface area contributed by atoms with E-state index in [2.05, 4.69) is 21.6 Å². The van der Waals surface area contributed by atoms with Gasteiger partial charge in [0.2, 0.25) is 11.0 Å². The summed E-state index contributed by atoms with van der Waals surface area (Å²) in [5.74, 6) is -0.0496. The van der Waals surface area contributed by atoms with Gasteiger partial charge in [0.1, 0.15) is 0 Å². The fourth-order valence-electron chi connectivity index (χ4n) is 2.81. The number of thioether (sulfide) groups is 1. The standard InChI is InChI=1S/C18H15N5O5S3/c24-15(19-16-20-21-17(31-16)30-10-12-3-2-8-29-12)4-1-7-22-13-6-5-11(23(26)27)9-14(13)28-18(22)25/h2-3,5-6,8-9H,1,4,7,10H2,(H,19,20,24). The number of rotatable bonds is 9. The molecule has 0 saturated carbocycles. The molecule has 0 spiro atoms. The van der Waals surface area contributed by atoms with Crippen LogP contribution >= 0.6 is 34.4 Å². The van der Waals surface area contributed by atoms with Crippen molar-refractivity contribution in [1.82, 2.24) is 14.8 Å². The molecule has 160 valence electrons. The molecule has 4 rings (SSSR count). The van der Waals surface area contributed by atoms with Crippen LogP contribution in [0, 0.1) is 10.1 Å². The Morgan fingerprint density at radius 2 is 2.19 bits per heavy atom. The summed E-state index contributed by atoms with van der Waals surface area (Å²) >= 11 is 4.55. The number of carbonyl (C=O) groups is 1. The van der Waals surface area contributed by atoms with Gasteiger partial charge >= 0.3 is 5.76 Å². The molecule has 0 fully saturated rings. The number of oxazole rings is 1. The molecule has 31 heavy (non-hydrogen) atoms. The predicted octanol–water partition coefficient (Wildman–Crippen LogP) is 4.13. The summed E-state index contributed by atoms with van der Waals surface area (Å²) in [4.78, 5) is 35.8. The predicted molar refractivity (Wildman–Crippen MR) is 119 cm³/mol. The van der Waals surface area contributed by atoms with Crippen LogP contribution in [0.2, 0.25) is 0 Å². The van der Waals surface area contributed by atoms with Gasteiger partial charge in [-0.3, -0.25) is 19.5 Å². The number of nitrogens with one attached hydrogen (secondary N) is 1. The lowest BCUT2D eigenvalue weighted by Gasteiger charge is -2.03. The number of benzene rings is 1. The second-order valence-corrected chi connectivity index (χ2v) is 9.55. The highest BCUT2D eigenvalue weighted by Crippen LogP contribution is 2.29. The number of hydrogen-bond donors (Lipinski definition) is 1. The third-order valence-electron chi connectivity index (χ3n) is 4.22. The van der Waals surface area contributed by atoms with Crippen molar-refractivity contribution in [3.8, 4) is 0 Å². The molecule has 0 aliphatic heterocycles. The highest BCUT2D eigenvalue weighted by atomic mass is 32.2. The van der Waals surface area contributed by atoms with Crippen LogP contribution in [-0.2, 0) is 17.1 Å². The Bertz CT molecular complexity index is 1280. The molecule has 0 atom stereocenters. The van der Waals surface area contributed by atoms with E-state index in [0.717, 1.165) is 10.1 Å². The van der Waals surface area contributed by atoms with Gasteiger partial charge in [-0.1, -0.05) is 29.2 Å². The maximum Gasteiger partial charge on any atom is 0.419 e. The lowest BCUT2D eigenvalue weighted by molar-refractivity contribution is -0.384. The van der Waals surface area contributed by atoms with Gasteiger partial charge in [0, 0.05) is 29.7 Å². The number of thiophene rings is 1. The number of anilines is 1. The summed E-state index contributed by atoms with van der Waals surface area (Å²) in [5.41, 5.74) is 0.440. The number of nitro groups is 1. The first-order valence-electron chi connectivity index (χ1n) is 9.06. The molecule has 3 aromatic heterocycles. The molecule has 0 aliphatic carbocycles. The van der Waals surface area contributed by atoms with Crippen molar-refractivity contribution in [3.63, 3.8) is 0 Å².